The zero-order valence-corrected chi connectivity index (χ0v) is 12.9. The molecular weight excluding hydrogens is 274 g/mol. The van der Waals surface area contributed by atoms with Crippen molar-refractivity contribution >= 4 is 15.7 Å². The molecule has 0 aromatic heterocycles. The quantitative estimate of drug-likeness (QED) is 0.855. The molecule has 0 radical (unpaired) electrons. The van der Waals surface area contributed by atoms with Crippen LogP contribution in [0.25, 0.3) is 0 Å². The van der Waals surface area contributed by atoms with Gasteiger partial charge in [-0.15, -0.1) is 0 Å². The van der Waals surface area contributed by atoms with Crippen LogP contribution < -0.4 is 15.4 Å². The number of hydrogen-bond acceptors (Lipinski definition) is 4. The topological polar surface area (TPSA) is 75.4 Å². The van der Waals surface area contributed by atoms with Gasteiger partial charge in [-0.25, -0.2) is 13.1 Å². The summed E-state index contributed by atoms with van der Waals surface area (Å²) < 4.78 is 25.7. The molecule has 0 heterocycles. The second kappa shape index (κ2) is 6.11. The highest BCUT2D eigenvalue weighted by Gasteiger charge is 2.29. The van der Waals surface area contributed by atoms with Crippen molar-refractivity contribution < 1.29 is 8.42 Å². The van der Waals surface area contributed by atoms with Crippen LogP contribution in [0.4, 0.5) is 5.69 Å². The fourth-order valence-electron chi connectivity index (χ4n) is 2.97. The predicted octanol–water partition coefficient (Wildman–Crippen LogP) is 1.16. The third-order valence-corrected chi connectivity index (χ3v) is 5.67. The van der Waals surface area contributed by atoms with Crippen LogP contribution in [0.5, 0.6) is 0 Å². The molecule has 2 unspecified atom stereocenters. The Morgan fingerprint density at radius 1 is 1.30 bits per heavy atom. The molecule has 1 aliphatic rings. The van der Waals surface area contributed by atoms with Gasteiger partial charge in [0.05, 0.1) is 4.90 Å². The summed E-state index contributed by atoms with van der Waals surface area (Å²) in [6.45, 7) is 0.710. The van der Waals surface area contributed by atoms with E-state index >= 15 is 0 Å². The number of sulfonamides is 1. The summed E-state index contributed by atoms with van der Waals surface area (Å²) in [6.07, 6.45) is 3.54. The van der Waals surface area contributed by atoms with Crippen molar-refractivity contribution in [2.24, 2.45) is 11.7 Å². The molecule has 20 heavy (non-hydrogen) atoms. The first-order valence-electron chi connectivity index (χ1n) is 6.96. The Bertz CT molecular complexity index is 542. The lowest BCUT2D eigenvalue weighted by atomic mass is 10.0. The number of nitrogens with zero attached hydrogens (tertiary/aromatic N) is 1. The average molecular weight is 297 g/mol. The lowest BCUT2D eigenvalue weighted by Gasteiger charge is -2.31. The van der Waals surface area contributed by atoms with Crippen LogP contribution in [0.15, 0.2) is 29.2 Å². The van der Waals surface area contributed by atoms with Gasteiger partial charge in [0.25, 0.3) is 0 Å². The Morgan fingerprint density at radius 2 is 1.95 bits per heavy atom. The minimum Gasteiger partial charge on any atom is -0.371 e. The van der Waals surface area contributed by atoms with E-state index in [4.69, 9.17) is 5.73 Å². The molecule has 2 rings (SSSR count). The maximum absolute atomic E-state index is 11.7. The van der Waals surface area contributed by atoms with E-state index in [1.54, 1.807) is 12.1 Å². The van der Waals surface area contributed by atoms with Crippen molar-refractivity contribution in [1.82, 2.24) is 4.72 Å². The maximum atomic E-state index is 11.7. The van der Waals surface area contributed by atoms with Crippen LogP contribution in [-0.4, -0.2) is 35.1 Å². The highest BCUT2D eigenvalue weighted by atomic mass is 32.2. The summed E-state index contributed by atoms with van der Waals surface area (Å²) >= 11 is 0. The second-order valence-electron chi connectivity index (χ2n) is 5.31. The molecule has 1 fully saturated rings. The van der Waals surface area contributed by atoms with Crippen molar-refractivity contribution in [3.05, 3.63) is 24.3 Å². The van der Waals surface area contributed by atoms with Gasteiger partial charge < -0.3 is 10.6 Å². The summed E-state index contributed by atoms with van der Waals surface area (Å²) in [4.78, 5) is 2.51. The van der Waals surface area contributed by atoms with E-state index in [-0.39, 0.29) is 0 Å². The van der Waals surface area contributed by atoms with E-state index in [0.29, 0.717) is 23.4 Å². The summed E-state index contributed by atoms with van der Waals surface area (Å²) in [6, 6.07) is 7.45. The van der Waals surface area contributed by atoms with Gasteiger partial charge in [0, 0.05) is 18.8 Å². The van der Waals surface area contributed by atoms with Crippen molar-refractivity contribution in [1.29, 1.82) is 0 Å². The van der Waals surface area contributed by atoms with Crippen molar-refractivity contribution in [3.63, 3.8) is 0 Å². The zero-order valence-electron chi connectivity index (χ0n) is 12.0. The molecule has 0 saturated heterocycles. The standard InChI is InChI=1S/C14H23N3O2S/c1-16-20(18,19)13-8-6-12(7-9-13)17(2)14-5-3-4-11(14)10-15/h6-9,11,14,16H,3-5,10,15H2,1-2H3. The normalized spacial score (nSPS) is 22.9. The van der Waals surface area contributed by atoms with Gasteiger partial charge >= 0.3 is 0 Å². The van der Waals surface area contributed by atoms with Crippen LogP contribution in [0, 0.1) is 5.92 Å². The molecule has 1 saturated carbocycles. The van der Waals surface area contributed by atoms with E-state index in [0.717, 1.165) is 12.1 Å². The minimum absolute atomic E-state index is 0.291. The van der Waals surface area contributed by atoms with Gasteiger partial charge in [0.15, 0.2) is 0 Å². The summed E-state index contributed by atoms with van der Waals surface area (Å²) in [5, 5.41) is 0. The molecule has 6 heteroatoms. The summed E-state index contributed by atoms with van der Waals surface area (Å²) in [7, 11) is 0.109. The van der Waals surface area contributed by atoms with Gasteiger partial charge in [-0.1, -0.05) is 6.42 Å². The predicted molar refractivity (Wildman–Crippen MR) is 81.3 cm³/mol. The molecule has 1 aromatic rings. The Labute approximate surface area is 121 Å². The molecule has 2 atom stereocenters. The molecular formula is C14H23N3O2S. The lowest BCUT2D eigenvalue weighted by Crippen LogP contribution is -2.37. The molecule has 0 bridgehead atoms. The number of nitrogens with two attached hydrogens (primary N) is 1. The Hall–Kier alpha value is -1.11. The minimum atomic E-state index is -3.36. The second-order valence-corrected chi connectivity index (χ2v) is 7.19. The van der Waals surface area contributed by atoms with E-state index < -0.39 is 10.0 Å². The molecule has 0 aliphatic heterocycles. The summed E-state index contributed by atoms with van der Waals surface area (Å²) in [5.41, 5.74) is 6.86. The van der Waals surface area contributed by atoms with Crippen LogP contribution in [0.3, 0.4) is 0 Å². The molecule has 3 N–H and O–H groups in total. The number of nitrogens with one attached hydrogen (secondary N) is 1. The van der Waals surface area contributed by atoms with Crippen molar-refractivity contribution in [2.75, 3.05) is 25.5 Å². The molecule has 0 spiro atoms. The number of benzene rings is 1. The number of anilines is 1. The number of rotatable bonds is 5. The van der Waals surface area contributed by atoms with Gasteiger partial charge in [-0.05, 0) is 56.6 Å². The monoisotopic (exact) mass is 297 g/mol. The van der Waals surface area contributed by atoms with Crippen LogP contribution in [-0.2, 0) is 10.0 Å². The van der Waals surface area contributed by atoms with Crippen LogP contribution >= 0.6 is 0 Å². The Balaban J connectivity index is 2.18. The van der Waals surface area contributed by atoms with E-state index in [1.165, 1.54) is 19.9 Å². The fraction of sp³-hybridized carbons (Fsp3) is 0.571. The third kappa shape index (κ3) is 2.97. The van der Waals surface area contributed by atoms with Crippen molar-refractivity contribution in [3.8, 4) is 0 Å². The van der Waals surface area contributed by atoms with E-state index in [9.17, 15) is 8.42 Å². The van der Waals surface area contributed by atoms with Gasteiger partial charge in [0.1, 0.15) is 0 Å². The maximum Gasteiger partial charge on any atom is 0.240 e. The average Bonchev–Trinajstić information content (AvgIpc) is 2.95. The lowest BCUT2D eigenvalue weighted by molar-refractivity contribution is 0.474. The fourth-order valence-corrected chi connectivity index (χ4v) is 3.70. The van der Waals surface area contributed by atoms with Crippen LogP contribution in [0.1, 0.15) is 19.3 Å². The van der Waals surface area contributed by atoms with Gasteiger partial charge in [-0.2, -0.15) is 0 Å². The zero-order chi connectivity index (χ0) is 14.8. The Morgan fingerprint density at radius 3 is 2.50 bits per heavy atom. The molecule has 0 amide bonds. The molecule has 1 aromatic carbocycles. The first-order chi connectivity index (χ1) is 9.49. The van der Waals surface area contributed by atoms with E-state index in [2.05, 4.69) is 16.7 Å². The molecule has 5 nitrogen and oxygen atoms in total. The first kappa shape index (κ1) is 15.3. The largest absolute Gasteiger partial charge is 0.371 e. The van der Waals surface area contributed by atoms with Crippen LogP contribution in [0.2, 0.25) is 0 Å². The Kier molecular flexibility index (Phi) is 4.67. The number of hydrogen-bond donors (Lipinski definition) is 2. The van der Waals surface area contributed by atoms with Crippen molar-refractivity contribution in [2.45, 2.75) is 30.2 Å². The SMILES string of the molecule is CNS(=O)(=O)c1ccc(N(C)C2CCCC2CN)cc1. The van der Waals surface area contributed by atoms with Gasteiger partial charge in [-0.3, -0.25) is 0 Å². The third-order valence-electron chi connectivity index (χ3n) is 4.24. The van der Waals surface area contributed by atoms with E-state index in [1.807, 2.05) is 12.1 Å². The van der Waals surface area contributed by atoms with Gasteiger partial charge in [0.2, 0.25) is 10.0 Å². The highest BCUT2D eigenvalue weighted by Crippen LogP contribution is 2.31. The highest BCUT2D eigenvalue weighted by molar-refractivity contribution is 7.89. The summed E-state index contributed by atoms with van der Waals surface area (Å²) in [5.74, 6) is 0.528. The molecule has 112 valence electrons. The first-order valence-corrected chi connectivity index (χ1v) is 8.44. The molecule has 1 aliphatic carbocycles. The smallest absolute Gasteiger partial charge is 0.240 e.